The molecule has 0 aliphatic heterocycles. The monoisotopic (exact) mass is 541 g/mol. The Morgan fingerprint density at radius 1 is 0.868 bits per heavy atom. The zero-order chi connectivity index (χ0) is 28.1. The van der Waals surface area contributed by atoms with Gasteiger partial charge >= 0.3 is 12.4 Å². The van der Waals surface area contributed by atoms with Crippen molar-refractivity contribution in [2.24, 2.45) is 0 Å². The molecule has 0 aliphatic carbocycles. The summed E-state index contributed by atoms with van der Waals surface area (Å²) in [5, 5.41) is 0. The van der Waals surface area contributed by atoms with Crippen molar-refractivity contribution < 1.29 is 45.3 Å². The predicted molar refractivity (Wildman–Crippen MR) is 127 cm³/mol. The van der Waals surface area contributed by atoms with Crippen LogP contribution in [-0.2, 0) is 23.6 Å². The molecular weight excluding hydrogens is 516 g/mol. The molecule has 0 bridgehead atoms. The number of carbonyl (C=O) groups is 1. The molecule has 5 nitrogen and oxygen atoms in total. The topological polar surface area (TPSA) is 57.7 Å². The van der Waals surface area contributed by atoms with Crippen molar-refractivity contribution in [2.75, 3.05) is 21.3 Å². The largest absolute Gasteiger partial charge is 0.493 e. The molecule has 0 amide bonds. The van der Waals surface area contributed by atoms with Gasteiger partial charge in [-0.2, -0.15) is 26.3 Å². The lowest BCUT2D eigenvalue weighted by molar-refractivity contribution is -0.139. The average molecular weight is 541 g/mol. The van der Waals surface area contributed by atoms with E-state index in [4.69, 9.17) is 14.2 Å². The molecule has 1 heterocycles. The predicted octanol–water partition coefficient (Wildman–Crippen LogP) is 6.87. The van der Waals surface area contributed by atoms with Gasteiger partial charge in [-0.1, -0.05) is 12.1 Å². The lowest BCUT2D eigenvalue weighted by Crippen LogP contribution is -2.17. The fraction of sp³-hybridized carbons (Fsp3) is 0.333. The minimum Gasteiger partial charge on any atom is -0.493 e. The van der Waals surface area contributed by atoms with Crippen LogP contribution in [-0.4, -0.2) is 32.1 Å². The van der Waals surface area contributed by atoms with Gasteiger partial charge in [0.15, 0.2) is 11.5 Å². The lowest BCUT2D eigenvalue weighted by atomic mass is 9.86. The third-order valence-electron chi connectivity index (χ3n) is 5.96. The number of carbonyl (C=O) groups excluding carboxylic acids is 1. The molecule has 0 N–H and O–H groups in total. The Balaban J connectivity index is 1.91. The molecule has 1 aromatic heterocycles. The van der Waals surface area contributed by atoms with E-state index in [1.165, 1.54) is 21.3 Å². The van der Waals surface area contributed by atoms with Crippen molar-refractivity contribution in [3.05, 3.63) is 82.7 Å². The molecule has 38 heavy (non-hydrogen) atoms. The van der Waals surface area contributed by atoms with Gasteiger partial charge in [-0.25, -0.2) is 0 Å². The average Bonchev–Trinajstić information content (AvgIpc) is 2.89. The molecule has 3 aromatic rings. The number of aromatic nitrogens is 1. The summed E-state index contributed by atoms with van der Waals surface area (Å²) >= 11 is 0. The number of nitrogens with zero attached hydrogens (tertiary/aromatic N) is 1. The molecule has 0 saturated heterocycles. The van der Waals surface area contributed by atoms with E-state index in [2.05, 4.69) is 4.98 Å². The van der Waals surface area contributed by atoms with Gasteiger partial charge in [0.05, 0.1) is 38.2 Å². The SMILES string of the molecule is COc1cc(CCC(=O)C[C@@H](c2ccc(C(F)(F)F)cc2)c2ncccc2C(F)(F)F)cc(OC)c1OC. The Bertz CT molecular complexity index is 1230. The van der Waals surface area contributed by atoms with E-state index in [1.807, 2.05) is 0 Å². The van der Waals surface area contributed by atoms with E-state index in [0.29, 0.717) is 22.8 Å². The van der Waals surface area contributed by atoms with Crippen LogP contribution in [0.1, 0.15) is 46.7 Å². The van der Waals surface area contributed by atoms with Crippen molar-refractivity contribution in [3.8, 4) is 17.2 Å². The summed E-state index contributed by atoms with van der Waals surface area (Å²) in [6.07, 6.45) is -8.47. The zero-order valence-electron chi connectivity index (χ0n) is 20.7. The second-order valence-electron chi connectivity index (χ2n) is 8.38. The molecule has 0 unspecified atom stereocenters. The standard InChI is InChI=1S/C27H25F6NO4/c1-36-22-13-16(14-23(37-2)25(22)38-3)6-11-19(35)15-20(17-7-9-18(10-8-17)26(28,29)30)24-21(27(31,32)33)5-4-12-34-24/h4-5,7-10,12-14,20H,6,11,15H2,1-3H3/t20-/m0/s1. The van der Waals surface area contributed by atoms with Crippen LogP contribution in [0.4, 0.5) is 26.3 Å². The van der Waals surface area contributed by atoms with Crippen LogP contribution in [0.25, 0.3) is 0 Å². The fourth-order valence-electron chi connectivity index (χ4n) is 4.10. The van der Waals surface area contributed by atoms with Crippen LogP contribution in [0, 0.1) is 0 Å². The van der Waals surface area contributed by atoms with Gasteiger partial charge in [-0.15, -0.1) is 0 Å². The van der Waals surface area contributed by atoms with Crippen LogP contribution in [0.5, 0.6) is 17.2 Å². The summed E-state index contributed by atoms with van der Waals surface area (Å²) in [5.41, 5.74) is -1.66. The van der Waals surface area contributed by atoms with E-state index in [-0.39, 0.29) is 18.4 Å². The quantitative estimate of drug-likeness (QED) is 0.262. The van der Waals surface area contributed by atoms with Gasteiger partial charge in [0.1, 0.15) is 5.78 Å². The number of methoxy groups -OCH3 is 3. The van der Waals surface area contributed by atoms with Crippen molar-refractivity contribution in [3.63, 3.8) is 0 Å². The maximum absolute atomic E-state index is 13.7. The number of aryl methyl sites for hydroxylation is 1. The molecule has 0 radical (unpaired) electrons. The number of halogens is 6. The van der Waals surface area contributed by atoms with Gasteiger partial charge in [-0.3, -0.25) is 9.78 Å². The molecule has 204 valence electrons. The highest BCUT2D eigenvalue weighted by Crippen LogP contribution is 2.40. The first-order valence-corrected chi connectivity index (χ1v) is 11.4. The molecule has 0 aliphatic rings. The van der Waals surface area contributed by atoms with Gasteiger partial charge in [0, 0.05) is 25.0 Å². The number of ketones is 1. The second-order valence-corrected chi connectivity index (χ2v) is 8.38. The van der Waals surface area contributed by atoms with E-state index in [1.54, 1.807) is 12.1 Å². The molecule has 2 aromatic carbocycles. The highest BCUT2D eigenvalue weighted by molar-refractivity contribution is 5.80. The fourth-order valence-corrected chi connectivity index (χ4v) is 4.10. The van der Waals surface area contributed by atoms with E-state index < -0.39 is 47.3 Å². The number of rotatable bonds is 10. The summed E-state index contributed by atoms with van der Waals surface area (Å²) in [4.78, 5) is 16.9. The van der Waals surface area contributed by atoms with Crippen molar-refractivity contribution in [1.29, 1.82) is 0 Å². The summed E-state index contributed by atoms with van der Waals surface area (Å²) < 4.78 is 96.3. The Kier molecular flexibility index (Phi) is 8.90. The van der Waals surface area contributed by atoms with E-state index in [0.717, 1.165) is 42.6 Å². The van der Waals surface area contributed by atoms with Gasteiger partial charge < -0.3 is 14.2 Å². The molecule has 1 atom stereocenters. The van der Waals surface area contributed by atoms with Gasteiger partial charge in [0.2, 0.25) is 5.75 Å². The highest BCUT2D eigenvalue weighted by atomic mass is 19.4. The van der Waals surface area contributed by atoms with Crippen LogP contribution in [0.2, 0.25) is 0 Å². The number of Topliss-reactive ketones (excluding diaryl/α,β-unsaturated/α-hetero) is 1. The number of hydrogen-bond donors (Lipinski definition) is 0. The third kappa shape index (κ3) is 6.76. The second kappa shape index (κ2) is 11.7. The van der Waals surface area contributed by atoms with Crippen molar-refractivity contribution >= 4 is 5.78 Å². The first-order chi connectivity index (χ1) is 17.9. The molecule has 3 rings (SSSR count). The first-order valence-electron chi connectivity index (χ1n) is 11.4. The molecule has 0 spiro atoms. The minimum atomic E-state index is -4.77. The van der Waals surface area contributed by atoms with Crippen LogP contribution >= 0.6 is 0 Å². The Labute approximate surface area is 215 Å². The summed E-state index contributed by atoms with van der Waals surface area (Å²) in [6, 6.07) is 8.97. The van der Waals surface area contributed by atoms with Crippen molar-refractivity contribution in [2.45, 2.75) is 37.5 Å². The van der Waals surface area contributed by atoms with E-state index >= 15 is 0 Å². The van der Waals surface area contributed by atoms with Crippen LogP contribution in [0.15, 0.2) is 54.7 Å². The summed E-state index contributed by atoms with van der Waals surface area (Å²) in [5.74, 6) is -0.493. The highest BCUT2D eigenvalue weighted by Gasteiger charge is 2.37. The van der Waals surface area contributed by atoms with Gasteiger partial charge in [-0.05, 0) is 53.9 Å². The Morgan fingerprint density at radius 2 is 1.47 bits per heavy atom. The molecule has 0 fully saturated rings. The first kappa shape index (κ1) is 28.8. The molecular formula is C27H25F6NO4. The smallest absolute Gasteiger partial charge is 0.418 e. The number of pyridine rings is 1. The number of alkyl halides is 6. The third-order valence-corrected chi connectivity index (χ3v) is 5.96. The minimum absolute atomic E-state index is 0.0516. The number of hydrogen-bond acceptors (Lipinski definition) is 5. The molecule has 0 saturated carbocycles. The van der Waals surface area contributed by atoms with Crippen LogP contribution < -0.4 is 14.2 Å². The lowest BCUT2D eigenvalue weighted by Gasteiger charge is -2.21. The normalized spacial score (nSPS) is 12.7. The maximum Gasteiger partial charge on any atom is 0.418 e. The maximum atomic E-state index is 13.7. The van der Waals surface area contributed by atoms with Crippen molar-refractivity contribution in [1.82, 2.24) is 4.98 Å². The Morgan fingerprint density at radius 3 is 1.97 bits per heavy atom. The van der Waals surface area contributed by atoms with Gasteiger partial charge in [0.25, 0.3) is 0 Å². The Hall–Kier alpha value is -3.76. The number of ether oxygens (including phenoxy) is 3. The zero-order valence-corrected chi connectivity index (χ0v) is 20.7. The summed E-state index contributed by atoms with van der Waals surface area (Å²) in [6.45, 7) is 0. The number of benzene rings is 2. The summed E-state index contributed by atoms with van der Waals surface area (Å²) in [7, 11) is 4.32. The van der Waals surface area contributed by atoms with E-state index in [9.17, 15) is 31.1 Å². The van der Waals surface area contributed by atoms with Crippen LogP contribution in [0.3, 0.4) is 0 Å². The molecule has 11 heteroatoms.